The molecule has 1 aromatic heterocycles. The summed E-state index contributed by atoms with van der Waals surface area (Å²) >= 11 is 2.20. The lowest BCUT2D eigenvalue weighted by atomic mass is 10.1. The molecule has 120 valence electrons. The molecule has 0 unspecified atom stereocenters. The summed E-state index contributed by atoms with van der Waals surface area (Å²) in [6.45, 7) is 2.43. The standard InChI is InChI=1S/C17H19IN4O/c18-14-6-4-5-13(11-14)16(23)20-12-15-7-8-19-17(21-15)22-9-2-1-3-10-22/h4-8,11H,1-3,9-10,12H2,(H,20,23). The van der Waals surface area contributed by atoms with Gasteiger partial charge in [-0.2, -0.15) is 0 Å². The molecule has 1 aliphatic rings. The third-order valence-electron chi connectivity index (χ3n) is 3.86. The molecule has 3 rings (SSSR count). The van der Waals surface area contributed by atoms with E-state index in [2.05, 4.69) is 42.8 Å². The lowest BCUT2D eigenvalue weighted by molar-refractivity contribution is 0.0950. The van der Waals surface area contributed by atoms with Crippen molar-refractivity contribution in [1.82, 2.24) is 15.3 Å². The molecule has 2 aromatic rings. The van der Waals surface area contributed by atoms with E-state index in [1.165, 1.54) is 19.3 Å². The number of anilines is 1. The third kappa shape index (κ3) is 4.40. The van der Waals surface area contributed by atoms with Crippen LogP contribution in [0, 0.1) is 3.57 Å². The predicted octanol–water partition coefficient (Wildman–Crippen LogP) is 3.00. The van der Waals surface area contributed by atoms with E-state index < -0.39 is 0 Å². The van der Waals surface area contributed by atoms with E-state index in [1.807, 2.05) is 30.3 Å². The van der Waals surface area contributed by atoms with Crippen LogP contribution in [0.5, 0.6) is 0 Å². The average molecular weight is 422 g/mol. The van der Waals surface area contributed by atoms with E-state index >= 15 is 0 Å². The Kier molecular flexibility index (Phi) is 5.43. The minimum atomic E-state index is -0.0818. The summed E-state index contributed by atoms with van der Waals surface area (Å²) in [5.41, 5.74) is 1.50. The summed E-state index contributed by atoms with van der Waals surface area (Å²) in [7, 11) is 0. The quantitative estimate of drug-likeness (QED) is 0.770. The largest absolute Gasteiger partial charge is 0.346 e. The Morgan fingerprint density at radius 3 is 2.83 bits per heavy atom. The molecule has 0 saturated carbocycles. The fourth-order valence-corrected chi connectivity index (χ4v) is 3.17. The highest BCUT2D eigenvalue weighted by molar-refractivity contribution is 14.1. The first-order valence-corrected chi connectivity index (χ1v) is 8.91. The smallest absolute Gasteiger partial charge is 0.251 e. The van der Waals surface area contributed by atoms with Gasteiger partial charge < -0.3 is 10.2 Å². The van der Waals surface area contributed by atoms with Crippen molar-refractivity contribution in [3.8, 4) is 0 Å². The molecule has 0 radical (unpaired) electrons. The molecule has 1 aliphatic heterocycles. The van der Waals surface area contributed by atoms with E-state index in [9.17, 15) is 4.79 Å². The Morgan fingerprint density at radius 2 is 2.04 bits per heavy atom. The second-order valence-electron chi connectivity index (χ2n) is 5.59. The summed E-state index contributed by atoms with van der Waals surface area (Å²) in [4.78, 5) is 23.3. The Hall–Kier alpha value is -1.70. The van der Waals surface area contributed by atoms with Gasteiger partial charge in [0.05, 0.1) is 12.2 Å². The fraction of sp³-hybridized carbons (Fsp3) is 0.353. The van der Waals surface area contributed by atoms with Crippen molar-refractivity contribution in [1.29, 1.82) is 0 Å². The second kappa shape index (κ2) is 7.72. The lowest BCUT2D eigenvalue weighted by Crippen LogP contribution is -2.31. The van der Waals surface area contributed by atoms with Crippen LogP contribution in [0.25, 0.3) is 0 Å². The van der Waals surface area contributed by atoms with Gasteiger partial charge in [-0.1, -0.05) is 6.07 Å². The first-order chi connectivity index (χ1) is 11.2. The molecule has 1 fully saturated rings. The third-order valence-corrected chi connectivity index (χ3v) is 4.53. The Bertz CT molecular complexity index is 686. The van der Waals surface area contributed by atoms with Crippen molar-refractivity contribution < 1.29 is 4.79 Å². The number of aromatic nitrogens is 2. The SMILES string of the molecule is O=C(NCc1ccnc(N2CCCCC2)n1)c1cccc(I)c1. The van der Waals surface area contributed by atoms with Crippen molar-refractivity contribution in [3.63, 3.8) is 0 Å². The maximum absolute atomic E-state index is 12.2. The lowest BCUT2D eigenvalue weighted by Gasteiger charge is -2.26. The molecule has 0 spiro atoms. The molecule has 0 aliphatic carbocycles. The number of nitrogens with one attached hydrogen (secondary N) is 1. The first kappa shape index (κ1) is 16.2. The predicted molar refractivity (Wildman–Crippen MR) is 98.4 cm³/mol. The van der Waals surface area contributed by atoms with Gasteiger partial charge in [0.2, 0.25) is 5.95 Å². The summed E-state index contributed by atoms with van der Waals surface area (Å²) in [6.07, 6.45) is 5.43. The number of benzene rings is 1. The molecule has 23 heavy (non-hydrogen) atoms. The van der Waals surface area contributed by atoms with E-state index in [1.54, 1.807) is 6.20 Å². The van der Waals surface area contributed by atoms with Crippen molar-refractivity contribution >= 4 is 34.4 Å². The molecule has 6 heteroatoms. The maximum atomic E-state index is 12.2. The number of rotatable bonds is 4. The highest BCUT2D eigenvalue weighted by Gasteiger charge is 2.14. The van der Waals surface area contributed by atoms with Gasteiger partial charge >= 0.3 is 0 Å². The highest BCUT2D eigenvalue weighted by atomic mass is 127. The van der Waals surface area contributed by atoms with E-state index in [0.717, 1.165) is 28.3 Å². The van der Waals surface area contributed by atoms with Gasteiger partial charge in [-0.3, -0.25) is 4.79 Å². The summed E-state index contributed by atoms with van der Waals surface area (Å²) < 4.78 is 1.05. The monoisotopic (exact) mass is 422 g/mol. The number of amides is 1. The van der Waals surface area contributed by atoms with Crippen LogP contribution >= 0.6 is 22.6 Å². The van der Waals surface area contributed by atoms with Crippen LogP contribution in [0.3, 0.4) is 0 Å². The normalized spacial score (nSPS) is 14.6. The molecule has 2 heterocycles. The molecular formula is C17H19IN4O. The topological polar surface area (TPSA) is 58.1 Å². The van der Waals surface area contributed by atoms with Gasteiger partial charge in [0.25, 0.3) is 5.91 Å². The van der Waals surface area contributed by atoms with Gasteiger partial charge in [0, 0.05) is 28.4 Å². The van der Waals surface area contributed by atoms with Crippen molar-refractivity contribution in [2.45, 2.75) is 25.8 Å². The Morgan fingerprint density at radius 1 is 1.22 bits per heavy atom. The molecular weight excluding hydrogens is 403 g/mol. The van der Waals surface area contributed by atoms with Crippen molar-refractivity contribution in [2.24, 2.45) is 0 Å². The summed E-state index contributed by atoms with van der Waals surface area (Å²) in [6, 6.07) is 9.39. The molecule has 1 amide bonds. The first-order valence-electron chi connectivity index (χ1n) is 7.83. The second-order valence-corrected chi connectivity index (χ2v) is 6.83. The molecule has 0 bridgehead atoms. The summed E-state index contributed by atoms with van der Waals surface area (Å²) in [5.74, 6) is 0.687. The van der Waals surface area contributed by atoms with Crippen LogP contribution in [-0.2, 0) is 6.54 Å². The van der Waals surface area contributed by atoms with Crippen LogP contribution in [0.4, 0.5) is 5.95 Å². The number of nitrogens with zero attached hydrogens (tertiary/aromatic N) is 3. The minimum absolute atomic E-state index is 0.0818. The van der Waals surface area contributed by atoms with Gasteiger partial charge in [-0.25, -0.2) is 9.97 Å². The minimum Gasteiger partial charge on any atom is -0.346 e. The molecule has 1 saturated heterocycles. The van der Waals surface area contributed by atoms with E-state index in [-0.39, 0.29) is 5.91 Å². The fourth-order valence-electron chi connectivity index (χ4n) is 2.63. The number of hydrogen-bond acceptors (Lipinski definition) is 4. The zero-order valence-corrected chi connectivity index (χ0v) is 15.0. The zero-order chi connectivity index (χ0) is 16.1. The van der Waals surface area contributed by atoms with Crippen LogP contribution in [0.2, 0.25) is 0 Å². The Labute approximate surface area is 149 Å². The zero-order valence-electron chi connectivity index (χ0n) is 12.8. The number of hydrogen-bond donors (Lipinski definition) is 1. The van der Waals surface area contributed by atoms with E-state index in [4.69, 9.17) is 0 Å². The average Bonchev–Trinajstić information content (AvgIpc) is 2.61. The number of carbonyl (C=O) groups is 1. The number of carbonyl (C=O) groups excluding carboxylic acids is 1. The van der Waals surface area contributed by atoms with Crippen LogP contribution < -0.4 is 10.2 Å². The van der Waals surface area contributed by atoms with Gasteiger partial charge in [-0.05, 0) is 66.1 Å². The summed E-state index contributed by atoms with van der Waals surface area (Å²) in [5, 5.41) is 2.92. The number of piperidine rings is 1. The van der Waals surface area contributed by atoms with E-state index in [0.29, 0.717) is 12.1 Å². The Balaban J connectivity index is 1.63. The van der Waals surface area contributed by atoms with Crippen molar-refractivity contribution in [3.05, 3.63) is 51.4 Å². The van der Waals surface area contributed by atoms with Crippen molar-refractivity contribution in [2.75, 3.05) is 18.0 Å². The highest BCUT2D eigenvalue weighted by Crippen LogP contribution is 2.15. The molecule has 1 aromatic carbocycles. The number of halogens is 1. The maximum Gasteiger partial charge on any atom is 0.251 e. The van der Waals surface area contributed by atoms with Crippen LogP contribution in [0.1, 0.15) is 35.3 Å². The molecule has 0 atom stereocenters. The molecule has 1 N–H and O–H groups in total. The van der Waals surface area contributed by atoms with Crippen LogP contribution in [-0.4, -0.2) is 29.0 Å². The molecule has 5 nitrogen and oxygen atoms in total. The van der Waals surface area contributed by atoms with Gasteiger partial charge in [-0.15, -0.1) is 0 Å². The van der Waals surface area contributed by atoms with Gasteiger partial charge in [0.1, 0.15) is 0 Å². The van der Waals surface area contributed by atoms with Crippen LogP contribution in [0.15, 0.2) is 36.5 Å². The van der Waals surface area contributed by atoms with Gasteiger partial charge in [0.15, 0.2) is 0 Å².